The van der Waals surface area contributed by atoms with E-state index in [0.717, 1.165) is 26.3 Å². The zero-order valence-corrected chi connectivity index (χ0v) is 12.8. The summed E-state index contributed by atoms with van der Waals surface area (Å²) in [7, 11) is -1.53. The highest BCUT2D eigenvalue weighted by molar-refractivity contribution is 6.46. The number of rotatable bonds is 10. The first kappa shape index (κ1) is 16.1. The van der Waals surface area contributed by atoms with Crippen molar-refractivity contribution in [3.63, 3.8) is 0 Å². The fourth-order valence-electron chi connectivity index (χ4n) is 2.08. The van der Waals surface area contributed by atoms with E-state index in [1.807, 2.05) is 0 Å². The second kappa shape index (κ2) is 10.3. The molecule has 1 atom stereocenters. The molecule has 0 heterocycles. The van der Waals surface area contributed by atoms with E-state index in [0.29, 0.717) is 5.67 Å². The molecular weight excluding hydrogens is 218 g/mol. The van der Waals surface area contributed by atoms with Gasteiger partial charge in [-0.3, -0.25) is 4.90 Å². The fraction of sp³-hybridized carbons (Fsp3) is 1.00. The Bertz CT molecular complexity index is 148. The highest BCUT2D eigenvalue weighted by Gasteiger charge is 2.29. The molecule has 98 valence electrons. The highest BCUT2D eigenvalue weighted by atomic mass is 28.3. The van der Waals surface area contributed by atoms with Crippen molar-refractivity contribution in [3.05, 3.63) is 0 Å². The molecular formula is C12H29NO2Si. The van der Waals surface area contributed by atoms with Crippen LogP contribution in [0.15, 0.2) is 0 Å². The molecule has 0 aliphatic heterocycles. The molecule has 0 N–H and O–H groups in total. The van der Waals surface area contributed by atoms with Crippen molar-refractivity contribution in [2.75, 3.05) is 26.3 Å². The first-order valence-electron chi connectivity index (χ1n) is 6.72. The van der Waals surface area contributed by atoms with Crippen molar-refractivity contribution in [1.29, 1.82) is 0 Å². The molecule has 0 saturated heterocycles. The van der Waals surface area contributed by atoms with Crippen LogP contribution >= 0.6 is 0 Å². The van der Waals surface area contributed by atoms with E-state index < -0.39 is 9.28 Å². The van der Waals surface area contributed by atoms with Gasteiger partial charge < -0.3 is 8.85 Å². The molecule has 16 heavy (non-hydrogen) atoms. The summed E-state index contributed by atoms with van der Waals surface area (Å²) in [6, 6.07) is 0. The summed E-state index contributed by atoms with van der Waals surface area (Å²) >= 11 is 0. The molecule has 4 heteroatoms. The lowest BCUT2D eigenvalue weighted by molar-refractivity contribution is 0.153. The molecule has 0 rings (SSSR count). The van der Waals surface area contributed by atoms with Crippen molar-refractivity contribution < 1.29 is 8.85 Å². The third-order valence-electron chi connectivity index (χ3n) is 2.84. The molecule has 0 aromatic heterocycles. The summed E-state index contributed by atoms with van der Waals surface area (Å²) in [5, 5.41) is 0. The first-order valence-corrected chi connectivity index (χ1v) is 8.33. The highest BCUT2D eigenvalue weighted by Crippen LogP contribution is 2.12. The molecule has 0 aromatic rings. The van der Waals surface area contributed by atoms with Crippen LogP contribution in [-0.4, -0.2) is 46.2 Å². The van der Waals surface area contributed by atoms with Crippen LogP contribution in [0.25, 0.3) is 0 Å². The SMILES string of the molecule is CCCC(N(CC)CC)[SiH](OCC)OCC. The van der Waals surface area contributed by atoms with E-state index in [4.69, 9.17) is 8.85 Å². The number of hydrogen-bond donors (Lipinski definition) is 0. The summed E-state index contributed by atoms with van der Waals surface area (Å²) < 4.78 is 11.7. The fourth-order valence-corrected chi connectivity index (χ4v) is 4.65. The Hall–Kier alpha value is 0.0969. The molecule has 1 unspecified atom stereocenters. The van der Waals surface area contributed by atoms with E-state index in [-0.39, 0.29) is 0 Å². The maximum Gasteiger partial charge on any atom is 0.339 e. The standard InChI is InChI=1S/C12H29NO2Si/c1-6-11-12(13(7-2)8-3)16(14-9-4)15-10-5/h12,16H,6-11H2,1-5H3. The van der Waals surface area contributed by atoms with Gasteiger partial charge in [-0.25, -0.2) is 0 Å². The minimum Gasteiger partial charge on any atom is -0.396 e. The maximum atomic E-state index is 5.86. The maximum absolute atomic E-state index is 5.86. The summed E-state index contributed by atoms with van der Waals surface area (Å²) in [5.41, 5.74) is 0.528. The van der Waals surface area contributed by atoms with Crippen LogP contribution < -0.4 is 0 Å². The van der Waals surface area contributed by atoms with Crippen LogP contribution in [0, 0.1) is 0 Å². The number of hydrogen-bond acceptors (Lipinski definition) is 3. The Morgan fingerprint density at radius 2 is 1.44 bits per heavy atom. The van der Waals surface area contributed by atoms with Crippen LogP contribution in [0.4, 0.5) is 0 Å². The molecule has 0 aromatic carbocycles. The van der Waals surface area contributed by atoms with E-state index in [1.165, 1.54) is 12.8 Å². The Morgan fingerprint density at radius 1 is 0.938 bits per heavy atom. The van der Waals surface area contributed by atoms with E-state index in [9.17, 15) is 0 Å². The lowest BCUT2D eigenvalue weighted by Gasteiger charge is -2.33. The Morgan fingerprint density at radius 3 is 1.75 bits per heavy atom. The summed E-state index contributed by atoms with van der Waals surface area (Å²) in [6.07, 6.45) is 2.39. The van der Waals surface area contributed by atoms with Gasteiger partial charge in [-0.05, 0) is 33.4 Å². The third kappa shape index (κ3) is 5.43. The second-order valence-corrected chi connectivity index (χ2v) is 6.03. The Balaban J connectivity index is 4.52. The molecule has 0 bridgehead atoms. The van der Waals surface area contributed by atoms with Gasteiger partial charge in [0.2, 0.25) is 0 Å². The van der Waals surface area contributed by atoms with Crippen molar-refractivity contribution in [2.45, 2.75) is 53.1 Å². The first-order chi connectivity index (χ1) is 7.74. The minimum atomic E-state index is -1.53. The smallest absolute Gasteiger partial charge is 0.339 e. The summed E-state index contributed by atoms with van der Waals surface area (Å²) in [5.74, 6) is 0. The molecule has 0 aliphatic rings. The largest absolute Gasteiger partial charge is 0.396 e. The van der Waals surface area contributed by atoms with Crippen LogP contribution in [0.1, 0.15) is 47.5 Å². The molecule has 3 nitrogen and oxygen atoms in total. The lowest BCUT2D eigenvalue weighted by atomic mass is 10.3. The zero-order chi connectivity index (χ0) is 12.4. The minimum absolute atomic E-state index is 0.528. The topological polar surface area (TPSA) is 21.7 Å². The van der Waals surface area contributed by atoms with Gasteiger partial charge in [-0.15, -0.1) is 0 Å². The van der Waals surface area contributed by atoms with Gasteiger partial charge in [0.05, 0.1) is 5.67 Å². The van der Waals surface area contributed by atoms with Gasteiger partial charge in [0.25, 0.3) is 0 Å². The average molecular weight is 247 g/mol. The monoisotopic (exact) mass is 247 g/mol. The molecule has 0 spiro atoms. The van der Waals surface area contributed by atoms with Gasteiger partial charge in [0, 0.05) is 13.2 Å². The second-order valence-electron chi connectivity index (χ2n) is 3.86. The average Bonchev–Trinajstić information content (AvgIpc) is 2.29. The predicted molar refractivity (Wildman–Crippen MR) is 72.0 cm³/mol. The van der Waals surface area contributed by atoms with Crippen molar-refractivity contribution in [3.8, 4) is 0 Å². The molecule has 0 aliphatic carbocycles. The molecule has 0 radical (unpaired) electrons. The zero-order valence-electron chi connectivity index (χ0n) is 11.7. The Labute approximate surface area is 103 Å². The molecule has 0 amide bonds. The van der Waals surface area contributed by atoms with Crippen LogP contribution in [-0.2, 0) is 8.85 Å². The van der Waals surface area contributed by atoms with Gasteiger partial charge in [0.15, 0.2) is 0 Å². The Kier molecular flexibility index (Phi) is 10.3. The van der Waals surface area contributed by atoms with E-state index in [2.05, 4.69) is 39.5 Å². The van der Waals surface area contributed by atoms with Crippen LogP contribution in [0.3, 0.4) is 0 Å². The van der Waals surface area contributed by atoms with Crippen molar-refractivity contribution >= 4 is 9.28 Å². The molecule has 0 fully saturated rings. The summed E-state index contributed by atoms with van der Waals surface area (Å²) in [6.45, 7) is 14.5. The summed E-state index contributed by atoms with van der Waals surface area (Å²) in [4.78, 5) is 2.49. The van der Waals surface area contributed by atoms with E-state index >= 15 is 0 Å². The van der Waals surface area contributed by atoms with Gasteiger partial charge in [0.1, 0.15) is 0 Å². The normalized spacial score (nSPS) is 13.7. The van der Waals surface area contributed by atoms with Gasteiger partial charge in [-0.1, -0.05) is 27.2 Å². The van der Waals surface area contributed by atoms with Crippen LogP contribution in [0.2, 0.25) is 0 Å². The quantitative estimate of drug-likeness (QED) is 0.553. The van der Waals surface area contributed by atoms with Gasteiger partial charge in [-0.2, -0.15) is 0 Å². The molecule has 0 saturated carbocycles. The van der Waals surface area contributed by atoms with E-state index in [1.54, 1.807) is 0 Å². The lowest BCUT2D eigenvalue weighted by Crippen LogP contribution is -2.49. The van der Waals surface area contributed by atoms with Crippen molar-refractivity contribution in [2.24, 2.45) is 0 Å². The van der Waals surface area contributed by atoms with Crippen LogP contribution in [0.5, 0.6) is 0 Å². The number of nitrogens with zero attached hydrogens (tertiary/aromatic N) is 1. The predicted octanol–water partition coefficient (Wildman–Crippen LogP) is 2.33. The van der Waals surface area contributed by atoms with Crippen molar-refractivity contribution in [1.82, 2.24) is 4.90 Å². The van der Waals surface area contributed by atoms with Gasteiger partial charge >= 0.3 is 9.28 Å². The third-order valence-corrected chi connectivity index (χ3v) is 5.55.